The molecule has 0 aromatic heterocycles. The molecule has 4 aliphatic carbocycles. The molecule has 0 amide bonds. The summed E-state index contributed by atoms with van der Waals surface area (Å²) in [5, 5.41) is 3.02. The molecular weight excluding hydrogens is 647 g/mol. The first-order chi connectivity index (χ1) is 16.1. The Morgan fingerprint density at radius 2 is 1.00 bits per heavy atom. The summed E-state index contributed by atoms with van der Waals surface area (Å²) in [6.45, 7) is 14.6. The van der Waals surface area contributed by atoms with Gasteiger partial charge in [0.15, 0.2) is 0 Å². The van der Waals surface area contributed by atoms with Gasteiger partial charge in [-0.25, -0.2) is 22.5 Å². The van der Waals surface area contributed by atoms with Crippen LogP contribution in [-0.4, -0.2) is 37.4 Å². The van der Waals surface area contributed by atoms with Gasteiger partial charge >= 0.3 is 43.4 Å². The molecule has 8 heteroatoms. The first kappa shape index (κ1) is 41.2. The second kappa shape index (κ2) is 17.2. The van der Waals surface area contributed by atoms with Crippen LogP contribution in [0.2, 0.25) is 26.2 Å². The van der Waals surface area contributed by atoms with Crippen LogP contribution in [0.15, 0.2) is 82.3 Å². The molecule has 4 aliphatic rings. The maximum Gasteiger partial charge on any atom is 2.00 e. The molecule has 0 spiro atoms. The Bertz CT molecular complexity index is 957. The Kier molecular flexibility index (Phi) is 18.7. The number of hydrogen-bond acceptors (Lipinski definition) is 2. The van der Waals surface area contributed by atoms with Gasteiger partial charge in [-0.05, 0) is 39.2 Å². The average Bonchev–Trinajstić information content (AvgIpc) is 3.55. The van der Waals surface area contributed by atoms with E-state index < -0.39 is 16.1 Å². The van der Waals surface area contributed by atoms with Crippen LogP contribution in [0, 0.1) is 12.2 Å². The van der Waals surface area contributed by atoms with E-state index in [0.29, 0.717) is 8.74 Å². The van der Waals surface area contributed by atoms with E-state index in [2.05, 4.69) is 125 Å². The molecule has 0 saturated carbocycles. The molecule has 0 heterocycles. The normalized spacial score (nSPS) is 25.3. The molecule has 0 aromatic carbocycles. The molecule has 38 heavy (non-hydrogen) atoms. The van der Waals surface area contributed by atoms with Crippen LogP contribution in [0.3, 0.4) is 0 Å². The quantitative estimate of drug-likeness (QED) is 0.311. The molecule has 0 aromatic rings. The van der Waals surface area contributed by atoms with Crippen LogP contribution in [0.4, 0.5) is 0 Å². The van der Waals surface area contributed by atoms with E-state index in [-0.39, 0.29) is 68.2 Å². The van der Waals surface area contributed by atoms with Gasteiger partial charge < -0.3 is 24.8 Å². The summed E-state index contributed by atoms with van der Waals surface area (Å²) >= 11 is 4.09. The Morgan fingerprint density at radius 3 is 1.24 bits per heavy atom. The standard InChI is InChI=1S/2C15H21SSi.2ClH.2Ti/c2*1-13-9-7-8-12-15(13,16-2)17(3,4)14-10-5-6-11-14;;;;/h2*5,7-10H,6,12H2,1-4H3;2*1H;;/q2*-1;;;2*+2/p-2. The molecule has 4 rings (SSSR count). The van der Waals surface area contributed by atoms with Crippen molar-refractivity contribution in [1.29, 1.82) is 0 Å². The summed E-state index contributed by atoms with van der Waals surface area (Å²) in [5.74, 6) is 0. The van der Waals surface area contributed by atoms with Crippen molar-refractivity contribution in [3.63, 3.8) is 0 Å². The van der Waals surface area contributed by atoms with E-state index >= 15 is 0 Å². The van der Waals surface area contributed by atoms with Crippen molar-refractivity contribution in [1.82, 2.24) is 0 Å². The van der Waals surface area contributed by atoms with Crippen LogP contribution in [0.1, 0.15) is 39.5 Å². The van der Waals surface area contributed by atoms with Crippen LogP contribution < -0.4 is 24.8 Å². The predicted molar refractivity (Wildman–Crippen MR) is 164 cm³/mol. The van der Waals surface area contributed by atoms with Crippen LogP contribution in [0.25, 0.3) is 0 Å². The third kappa shape index (κ3) is 7.71. The molecule has 204 valence electrons. The monoisotopic (exact) mass is 688 g/mol. The molecule has 0 bridgehead atoms. The molecule has 0 saturated heterocycles. The SMILES string of the molecule is CSC1([Si](C)(C)C2=[C-]CC=C2)CC=CC=C1C.CSC1([Si](C)(C)C2=[C-]CC=C2)CC=CC=C1C.[Cl-].[Cl-].[Ti+2].[Ti+2]. The summed E-state index contributed by atoms with van der Waals surface area (Å²) in [5.41, 5.74) is 3.08. The third-order valence-corrected chi connectivity index (χ3v) is 23.8. The van der Waals surface area contributed by atoms with Gasteiger partial charge in [-0.3, -0.25) is 12.2 Å². The zero-order chi connectivity index (χ0) is 25.0. The Hall–Kier alpha value is 1.06. The minimum atomic E-state index is -1.52. The first-order valence-corrected chi connectivity index (χ1v) is 20.9. The second-order valence-electron chi connectivity index (χ2n) is 10.7. The Labute approximate surface area is 286 Å². The van der Waals surface area contributed by atoms with Gasteiger partial charge in [0.05, 0.1) is 16.1 Å². The smallest absolute Gasteiger partial charge is 1.00 e. The summed E-state index contributed by atoms with van der Waals surface area (Å²) in [4.78, 5) is 0. The third-order valence-electron chi connectivity index (χ3n) is 8.50. The average molecular weight is 690 g/mol. The summed E-state index contributed by atoms with van der Waals surface area (Å²) in [7, 11) is -3.04. The summed E-state index contributed by atoms with van der Waals surface area (Å²) in [6, 6.07) is 0. The van der Waals surface area contributed by atoms with E-state index in [4.69, 9.17) is 0 Å². The maximum absolute atomic E-state index is 3.58. The molecule has 0 radical (unpaired) electrons. The minimum absolute atomic E-state index is 0. The molecular formula is C30H42Cl2S2Si2Ti2. The van der Waals surface area contributed by atoms with Gasteiger partial charge in [-0.15, -0.1) is 12.8 Å². The number of thioether (sulfide) groups is 2. The van der Waals surface area contributed by atoms with Crippen molar-refractivity contribution < 1.29 is 68.2 Å². The zero-order valence-corrected chi connectivity index (χ0v) is 32.4. The van der Waals surface area contributed by atoms with Crippen molar-refractivity contribution in [2.45, 2.75) is 74.5 Å². The van der Waals surface area contributed by atoms with Gasteiger partial charge in [0, 0.05) is 8.74 Å². The van der Waals surface area contributed by atoms with Crippen LogP contribution >= 0.6 is 23.5 Å². The molecule has 0 N–H and O–H groups in total. The number of allylic oxidation sites excluding steroid dienone is 14. The fraction of sp³-hybridized carbons (Fsp3) is 0.467. The van der Waals surface area contributed by atoms with Crippen molar-refractivity contribution in [2.24, 2.45) is 0 Å². The molecule has 0 fully saturated rings. The summed E-state index contributed by atoms with van der Waals surface area (Å²) < 4.78 is 0.636. The fourth-order valence-electron chi connectivity index (χ4n) is 6.08. The number of hydrogen-bond donors (Lipinski definition) is 0. The molecule has 0 nitrogen and oxygen atoms in total. The second-order valence-corrected chi connectivity index (χ2v) is 22.9. The van der Waals surface area contributed by atoms with Gasteiger partial charge in [0.1, 0.15) is 0 Å². The van der Waals surface area contributed by atoms with Gasteiger partial charge in [-0.2, -0.15) is 35.7 Å². The van der Waals surface area contributed by atoms with Crippen molar-refractivity contribution in [2.75, 3.05) is 12.5 Å². The first-order valence-electron chi connectivity index (χ1n) is 12.4. The maximum atomic E-state index is 3.58. The largest absolute Gasteiger partial charge is 2.00 e. The van der Waals surface area contributed by atoms with Crippen molar-refractivity contribution in [3.05, 3.63) is 94.5 Å². The Morgan fingerprint density at radius 1 is 0.658 bits per heavy atom. The molecule has 0 aliphatic heterocycles. The van der Waals surface area contributed by atoms with E-state index in [1.807, 2.05) is 23.5 Å². The van der Waals surface area contributed by atoms with E-state index in [1.54, 1.807) is 11.1 Å². The van der Waals surface area contributed by atoms with Gasteiger partial charge in [0.25, 0.3) is 0 Å². The van der Waals surface area contributed by atoms with E-state index in [0.717, 1.165) is 12.8 Å². The Balaban J connectivity index is 0. The number of halogens is 2. The summed E-state index contributed by atoms with van der Waals surface area (Å²) in [6.07, 6.45) is 38.9. The zero-order valence-electron chi connectivity index (χ0n) is 24.2. The van der Waals surface area contributed by atoms with Crippen LogP contribution in [0.5, 0.6) is 0 Å². The van der Waals surface area contributed by atoms with Gasteiger partial charge in [-0.1, -0.05) is 73.8 Å². The van der Waals surface area contributed by atoms with Crippen molar-refractivity contribution >= 4 is 39.7 Å². The topological polar surface area (TPSA) is 0 Å². The number of rotatable bonds is 6. The molecule has 2 atom stereocenters. The van der Waals surface area contributed by atoms with E-state index in [9.17, 15) is 0 Å². The fourth-order valence-corrected chi connectivity index (χ4v) is 18.6. The van der Waals surface area contributed by atoms with Crippen molar-refractivity contribution in [3.8, 4) is 0 Å². The molecule has 2 unspecified atom stereocenters. The minimum Gasteiger partial charge on any atom is -1.00 e. The van der Waals surface area contributed by atoms with Gasteiger partial charge in [0.2, 0.25) is 0 Å². The predicted octanol–water partition coefficient (Wildman–Crippen LogP) is 2.94. The van der Waals surface area contributed by atoms with Crippen LogP contribution in [-0.2, 0) is 43.4 Å². The van der Waals surface area contributed by atoms with E-state index in [1.165, 1.54) is 23.2 Å².